The summed E-state index contributed by atoms with van der Waals surface area (Å²) in [5.41, 5.74) is 1.11. The van der Waals surface area contributed by atoms with Crippen molar-refractivity contribution in [2.24, 2.45) is 5.92 Å². The Morgan fingerprint density at radius 3 is 2.19 bits per heavy atom. The molecule has 64 heavy (non-hydrogen) atoms. The smallest absolute Gasteiger partial charge is 0.339 e. The second-order valence-corrected chi connectivity index (χ2v) is 15.7. The van der Waals surface area contributed by atoms with Crippen LogP contribution in [0.25, 0.3) is 11.0 Å². The Hall–Kier alpha value is -6.60. The third-order valence-electron chi connectivity index (χ3n) is 10.8. The molecule has 0 bridgehead atoms. The summed E-state index contributed by atoms with van der Waals surface area (Å²) in [5.74, 6) is -2.51. The molecule has 0 spiro atoms. The molecule has 0 radical (unpaired) electrons. The van der Waals surface area contributed by atoms with Gasteiger partial charge in [0.25, 0.3) is 5.17 Å². The van der Waals surface area contributed by atoms with Crippen molar-refractivity contribution in [2.45, 2.75) is 83.9 Å². The number of carbonyl (C=O) groups excluding carboxylic acids is 6. The third kappa shape index (κ3) is 11.7. The molecule has 4 heterocycles. The van der Waals surface area contributed by atoms with Gasteiger partial charge in [-0.05, 0) is 48.3 Å². The Morgan fingerprint density at radius 2 is 1.55 bits per heavy atom. The highest BCUT2D eigenvalue weighted by atomic mass is 32.1. The number of carbonyl (C=O) groups is 6. The van der Waals surface area contributed by atoms with Crippen LogP contribution in [0.1, 0.15) is 46.1 Å². The van der Waals surface area contributed by atoms with E-state index in [0.717, 1.165) is 34.3 Å². The van der Waals surface area contributed by atoms with Gasteiger partial charge in [-0.3, -0.25) is 23.7 Å². The lowest BCUT2D eigenvalue weighted by Gasteiger charge is -2.43. The number of hydrogen-bond donors (Lipinski definition) is 0. The summed E-state index contributed by atoms with van der Waals surface area (Å²) in [5, 5.41) is 9.88. The average Bonchev–Trinajstić information content (AvgIpc) is 3.70. The average molecular weight is 909 g/mol. The fraction of sp³-hybridized carbons (Fsp3) is 0.524. The topological polar surface area (TPSA) is 234 Å². The molecule has 2 saturated heterocycles. The minimum absolute atomic E-state index is 0.0608. The minimum atomic E-state index is -1.61. The van der Waals surface area contributed by atoms with Gasteiger partial charge in [0.15, 0.2) is 24.0 Å². The van der Waals surface area contributed by atoms with E-state index in [1.54, 1.807) is 60.4 Å². The number of likely N-dealkylation sites (N-methyl/N-ethyl adjacent to an activating group) is 3. The van der Waals surface area contributed by atoms with Crippen LogP contribution in [0.15, 0.2) is 42.9 Å². The number of esters is 4. The molecule has 5 rings (SSSR count). The Balaban J connectivity index is 1.17. The molecule has 2 amide bonds. The maximum atomic E-state index is 13.7. The SMILES string of the molecule is COC(=O)[C@H]1O[C@@H](Oc2ccc(COC(=S)N(C)CCN(C)C(=O)n3ccc4c(N(C)[C@H]5CN(C(=O)CC#N)CC[C@H]5C)ncnc43)cc2)[C@H](OC(C)=O)[C@@H](OC(C)=O)[C@@H]1OC(C)=O. The summed E-state index contributed by atoms with van der Waals surface area (Å²) in [6.07, 6.45) is -3.94. The maximum absolute atomic E-state index is 13.7. The summed E-state index contributed by atoms with van der Waals surface area (Å²) in [7, 11) is 6.40. The van der Waals surface area contributed by atoms with Crippen molar-refractivity contribution in [1.29, 1.82) is 5.26 Å². The molecule has 0 saturated carbocycles. The highest BCUT2D eigenvalue weighted by Gasteiger charge is 2.56. The molecular formula is C42H52N8O13S. The summed E-state index contributed by atoms with van der Waals surface area (Å²) in [4.78, 5) is 91.0. The molecule has 0 unspecified atom stereocenters. The fourth-order valence-electron chi connectivity index (χ4n) is 7.39. The van der Waals surface area contributed by atoms with Crippen LogP contribution in [-0.2, 0) is 59.0 Å². The number of benzene rings is 1. The van der Waals surface area contributed by atoms with Gasteiger partial charge >= 0.3 is 29.9 Å². The van der Waals surface area contributed by atoms with Gasteiger partial charge in [-0.2, -0.15) is 5.26 Å². The summed E-state index contributed by atoms with van der Waals surface area (Å²) in [6, 6.07) is 9.82. The van der Waals surface area contributed by atoms with E-state index in [4.69, 9.17) is 50.6 Å². The van der Waals surface area contributed by atoms with Crippen LogP contribution < -0.4 is 9.64 Å². The number of piperidine rings is 1. The summed E-state index contributed by atoms with van der Waals surface area (Å²) >= 11 is 5.52. The van der Waals surface area contributed by atoms with Gasteiger partial charge in [-0.25, -0.2) is 19.6 Å². The van der Waals surface area contributed by atoms with Crippen molar-refractivity contribution >= 4 is 70.1 Å². The van der Waals surface area contributed by atoms with Crippen molar-refractivity contribution in [3.05, 3.63) is 48.4 Å². The van der Waals surface area contributed by atoms with E-state index >= 15 is 0 Å². The molecule has 2 aromatic heterocycles. The van der Waals surface area contributed by atoms with Crippen LogP contribution >= 0.6 is 12.2 Å². The summed E-state index contributed by atoms with van der Waals surface area (Å²) < 4.78 is 40.0. The van der Waals surface area contributed by atoms with Crippen LogP contribution in [0, 0.1) is 17.2 Å². The van der Waals surface area contributed by atoms with E-state index in [-0.39, 0.29) is 54.4 Å². The molecular weight excluding hydrogens is 857 g/mol. The van der Waals surface area contributed by atoms with Crippen LogP contribution in [0.5, 0.6) is 5.75 Å². The number of nitriles is 1. The van der Waals surface area contributed by atoms with E-state index in [0.29, 0.717) is 42.0 Å². The standard InChI is InChI=1S/C42H52N8O13S/c1-24-14-17-49(32(54)13-16-43)21-31(24)48(7)37-30-15-18-50(38(30)45-23-44-37)41(56)46(5)19-20-47(6)42(64)58-22-28-9-11-29(12-10-28)62-40-36(61-27(4)53)34(60-26(3)52)33(59-25(2)51)35(63-40)39(55)57-8/h9-12,15,18,23-24,31,33-36,40H,13-14,17,19-22H2,1-8H3/t24-,31+,33+,34+,35+,36-,40-/m1/s1. The van der Waals surface area contributed by atoms with E-state index in [1.807, 2.05) is 18.0 Å². The van der Waals surface area contributed by atoms with Gasteiger partial charge < -0.3 is 52.8 Å². The normalized spacial score (nSPS) is 21.7. The van der Waals surface area contributed by atoms with Gasteiger partial charge in [-0.1, -0.05) is 19.1 Å². The molecule has 2 aliphatic rings. The molecule has 2 aliphatic heterocycles. The molecule has 2 fully saturated rings. The first-order valence-electron chi connectivity index (χ1n) is 20.3. The third-order valence-corrected chi connectivity index (χ3v) is 11.2. The van der Waals surface area contributed by atoms with Crippen LogP contribution in [0.3, 0.4) is 0 Å². The number of likely N-dealkylation sites (tertiary alicyclic amines) is 1. The van der Waals surface area contributed by atoms with Crippen LogP contribution in [-0.4, -0.2) is 161 Å². The number of thiocarbonyl (C=S) groups is 1. The lowest BCUT2D eigenvalue weighted by molar-refractivity contribution is -0.282. The zero-order chi connectivity index (χ0) is 46.8. The Kier molecular flexibility index (Phi) is 16.4. The predicted molar refractivity (Wildman–Crippen MR) is 228 cm³/mol. The van der Waals surface area contributed by atoms with Crippen molar-refractivity contribution < 1.29 is 61.9 Å². The van der Waals surface area contributed by atoms with Gasteiger partial charge in [-0.15, -0.1) is 0 Å². The molecule has 22 heteroatoms. The number of fused-ring (bicyclic) bond motifs is 1. The second kappa shape index (κ2) is 21.7. The van der Waals surface area contributed by atoms with Crippen LogP contribution in [0.2, 0.25) is 0 Å². The van der Waals surface area contributed by atoms with Gasteiger partial charge in [0, 0.05) is 74.3 Å². The Morgan fingerprint density at radius 1 is 0.906 bits per heavy atom. The largest absolute Gasteiger partial charge is 0.467 e. The number of hydrogen-bond acceptors (Lipinski definition) is 18. The minimum Gasteiger partial charge on any atom is -0.467 e. The predicted octanol–water partition coefficient (Wildman–Crippen LogP) is 2.42. The number of ether oxygens (including phenoxy) is 7. The van der Waals surface area contributed by atoms with Crippen molar-refractivity contribution in [3.63, 3.8) is 0 Å². The number of nitrogens with zero attached hydrogens (tertiary/aromatic N) is 8. The van der Waals surface area contributed by atoms with Crippen LogP contribution in [0.4, 0.5) is 10.6 Å². The van der Waals surface area contributed by atoms with Gasteiger partial charge in [0.1, 0.15) is 30.9 Å². The molecule has 1 aromatic carbocycles. The highest BCUT2D eigenvalue weighted by molar-refractivity contribution is 7.80. The lowest BCUT2D eigenvalue weighted by Crippen LogP contribution is -2.64. The highest BCUT2D eigenvalue weighted by Crippen LogP contribution is 2.32. The molecule has 3 aromatic rings. The zero-order valence-electron chi connectivity index (χ0n) is 36.8. The summed E-state index contributed by atoms with van der Waals surface area (Å²) in [6.45, 7) is 7.13. The molecule has 0 N–H and O–H groups in total. The first kappa shape index (κ1) is 48.4. The molecule has 0 aliphatic carbocycles. The van der Waals surface area contributed by atoms with Crippen molar-refractivity contribution in [1.82, 2.24) is 29.2 Å². The first-order chi connectivity index (χ1) is 30.4. The monoisotopic (exact) mass is 908 g/mol. The van der Waals surface area contributed by atoms with E-state index in [2.05, 4.69) is 16.9 Å². The van der Waals surface area contributed by atoms with E-state index in [1.165, 1.54) is 15.8 Å². The van der Waals surface area contributed by atoms with E-state index < -0.39 is 54.6 Å². The number of methoxy groups -OCH3 is 1. The second-order valence-electron chi connectivity index (χ2n) is 15.4. The fourth-order valence-corrected chi connectivity index (χ4v) is 7.54. The van der Waals surface area contributed by atoms with E-state index in [9.17, 15) is 28.8 Å². The maximum Gasteiger partial charge on any atom is 0.339 e. The van der Waals surface area contributed by atoms with Gasteiger partial charge in [0.05, 0.1) is 24.6 Å². The first-order valence-corrected chi connectivity index (χ1v) is 20.7. The molecule has 344 valence electrons. The Labute approximate surface area is 375 Å². The lowest BCUT2D eigenvalue weighted by atomic mass is 9.92. The quantitative estimate of drug-likeness (QED) is 0.128. The number of rotatable bonds is 14. The number of aromatic nitrogens is 3. The number of amides is 2. The zero-order valence-corrected chi connectivity index (χ0v) is 37.6. The Bertz CT molecular complexity index is 2250. The van der Waals surface area contributed by atoms with Crippen molar-refractivity contribution in [3.8, 4) is 11.8 Å². The van der Waals surface area contributed by atoms with Crippen molar-refractivity contribution in [2.75, 3.05) is 59.3 Å². The molecule has 7 atom stereocenters. The van der Waals surface area contributed by atoms with Gasteiger partial charge in [0.2, 0.25) is 18.3 Å². The number of anilines is 1. The molecule has 21 nitrogen and oxygen atoms in total.